The van der Waals surface area contributed by atoms with Crippen molar-refractivity contribution >= 4 is 22.5 Å². The van der Waals surface area contributed by atoms with Crippen LogP contribution < -0.4 is 15.0 Å². The second kappa shape index (κ2) is 6.08. The number of methoxy groups -OCH3 is 1. The summed E-state index contributed by atoms with van der Waals surface area (Å²) in [6.07, 6.45) is 4.46. The van der Waals surface area contributed by atoms with Gasteiger partial charge in [-0.3, -0.25) is 9.36 Å². The SMILES string of the molecule is COC(=O)c1cnn2c1ncc1c(=O)n(-c3ccc4c(c3)OCCO4)ccc12. The molecule has 1 aliphatic rings. The van der Waals surface area contributed by atoms with E-state index < -0.39 is 5.97 Å². The predicted molar refractivity (Wildman–Crippen MR) is 98.4 cm³/mol. The quantitative estimate of drug-likeness (QED) is 0.489. The summed E-state index contributed by atoms with van der Waals surface area (Å²) in [7, 11) is 1.29. The molecule has 0 aliphatic carbocycles. The van der Waals surface area contributed by atoms with E-state index in [4.69, 9.17) is 14.2 Å². The maximum atomic E-state index is 13.1. The first-order valence-corrected chi connectivity index (χ1v) is 8.54. The van der Waals surface area contributed by atoms with Crippen LogP contribution in [0, 0.1) is 0 Å². The monoisotopic (exact) mass is 378 g/mol. The van der Waals surface area contributed by atoms with E-state index in [2.05, 4.69) is 10.1 Å². The minimum Gasteiger partial charge on any atom is -0.486 e. The fourth-order valence-electron chi connectivity index (χ4n) is 3.26. The highest BCUT2D eigenvalue weighted by Crippen LogP contribution is 2.31. The number of ether oxygens (including phenoxy) is 3. The highest BCUT2D eigenvalue weighted by molar-refractivity contribution is 5.96. The standard InChI is InChI=1S/C19H14N4O5/c1-26-19(25)13-10-21-23-14-4-5-22(18(24)12(14)9-20-17(13)23)11-2-3-15-16(8-11)28-7-6-27-15/h2-5,8-10H,6-7H2,1H3. The number of pyridine rings is 1. The van der Waals surface area contributed by atoms with Crippen LogP contribution in [0.25, 0.3) is 22.2 Å². The zero-order valence-corrected chi connectivity index (χ0v) is 14.8. The van der Waals surface area contributed by atoms with Gasteiger partial charge >= 0.3 is 5.97 Å². The number of fused-ring (bicyclic) bond motifs is 4. The van der Waals surface area contributed by atoms with E-state index in [1.165, 1.54) is 28.6 Å². The molecule has 4 heterocycles. The minimum absolute atomic E-state index is 0.236. The van der Waals surface area contributed by atoms with Crippen molar-refractivity contribution in [2.24, 2.45) is 0 Å². The van der Waals surface area contributed by atoms with Crippen molar-refractivity contribution in [3.63, 3.8) is 0 Å². The van der Waals surface area contributed by atoms with Crippen molar-refractivity contribution in [3.8, 4) is 17.2 Å². The van der Waals surface area contributed by atoms with Gasteiger partial charge in [0.25, 0.3) is 5.56 Å². The number of rotatable bonds is 2. The van der Waals surface area contributed by atoms with Gasteiger partial charge in [0.15, 0.2) is 17.1 Å². The molecule has 9 heteroatoms. The van der Waals surface area contributed by atoms with Crippen LogP contribution in [0.4, 0.5) is 0 Å². The Kier molecular flexibility index (Phi) is 3.54. The summed E-state index contributed by atoms with van der Waals surface area (Å²) in [5.41, 5.74) is 1.49. The maximum Gasteiger partial charge on any atom is 0.343 e. The Labute approximate surface area is 157 Å². The van der Waals surface area contributed by atoms with Crippen molar-refractivity contribution < 1.29 is 19.0 Å². The molecule has 0 unspecified atom stereocenters. The number of carbonyl (C=O) groups excluding carboxylic acids is 1. The number of benzene rings is 1. The summed E-state index contributed by atoms with van der Waals surface area (Å²) < 4.78 is 18.8. The van der Waals surface area contributed by atoms with Crippen LogP contribution >= 0.6 is 0 Å². The second-order valence-corrected chi connectivity index (χ2v) is 6.16. The Balaban J connectivity index is 1.68. The zero-order valence-electron chi connectivity index (χ0n) is 14.8. The molecule has 0 saturated carbocycles. The molecule has 140 valence electrons. The van der Waals surface area contributed by atoms with Gasteiger partial charge < -0.3 is 14.2 Å². The topological polar surface area (TPSA) is 97.0 Å². The van der Waals surface area contributed by atoms with Gasteiger partial charge in [0, 0.05) is 18.5 Å². The Morgan fingerprint density at radius 1 is 1.14 bits per heavy atom. The van der Waals surface area contributed by atoms with Gasteiger partial charge in [-0.1, -0.05) is 0 Å². The van der Waals surface area contributed by atoms with Crippen LogP contribution in [0.15, 0.2) is 47.7 Å². The Hall–Kier alpha value is -3.88. The smallest absolute Gasteiger partial charge is 0.343 e. The lowest BCUT2D eigenvalue weighted by atomic mass is 10.2. The van der Waals surface area contributed by atoms with Gasteiger partial charge in [-0.15, -0.1) is 0 Å². The van der Waals surface area contributed by atoms with E-state index in [-0.39, 0.29) is 11.1 Å². The molecule has 0 saturated heterocycles. The van der Waals surface area contributed by atoms with Gasteiger partial charge in [0.1, 0.15) is 18.8 Å². The van der Waals surface area contributed by atoms with E-state index in [1.54, 1.807) is 30.5 Å². The Bertz CT molecular complexity index is 1310. The lowest BCUT2D eigenvalue weighted by molar-refractivity contribution is 0.0602. The van der Waals surface area contributed by atoms with Crippen LogP contribution in [-0.2, 0) is 4.74 Å². The van der Waals surface area contributed by atoms with Crippen molar-refractivity contribution in [1.82, 2.24) is 19.2 Å². The predicted octanol–water partition coefficient (Wildman–Crippen LogP) is 1.59. The summed E-state index contributed by atoms with van der Waals surface area (Å²) in [6.45, 7) is 0.966. The molecular formula is C19H14N4O5. The number of esters is 1. The Morgan fingerprint density at radius 2 is 1.96 bits per heavy atom. The summed E-state index contributed by atoms with van der Waals surface area (Å²) in [5, 5.41) is 4.55. The average molecular weight is 378 g/mol. The second-order valence-electron chi connectivity index (χ2n) is 6.16. The molecule has 3 aromatic heterocycles. The number of aromatic nitrogens is 4. The number of nitrogens with zero attached hydrogens (tertiary/aromatic N) is 4. The van der Waals surface area contributed by atoms with Crippen molar-refractivity contribution in [2.45, 2.75) is 0 Å². The molecule has 28 heavy (non-hydrogen) atoms. The van der Waals surface area contributed by atoms with Crippen molar-refractivity contribution in [1.29, 1.82) is 0 Å². The third-order valence-corrected chi connectivity index (χ3v) is 4.60. The molecule has 0 atom stereocenters. The summed E-state index contributed by atoms with van der Waals surface area (Å²) >= 11 is 0. The average Bonchev–Trinajstić information content (AvgIpc) is 3.17. The number of carbonyl (C=O) groups is 1. The molecule has 9 nitrogen and oxygen atoms in total. The highest BCUT2D eigenvalue weighted by Gasteiger charge is 2.18. The van der Waals surface area contributed by atoms with Gasteiger partial charge in [-0.05, 0) is 18.2 Å². The fraction of sp³-hybridized carbons (Fsp3) is 0.158. The first-order chi connectivity index (χ1) is 13.7. The van der Waals surface area contributed by atoms with Gasteiger partial charge in [0.2, 0.25) is 0 Å². The van der Waals surface area contributed by atoms with Gasteiger partial charge in [-0.25, -0.2) is 14.3 Å². The lowest BCUT2D eigenvalue weighted by Gasteiger charge is -2.19. The lowest BCUT2D eigenvalue weighted by Crippen LogP contribution is -2.20. The normalized spacial score (nSPS) is 13.0. The van der Waals surface area contributed by atoms with Gasteiger partial charge in [-0.2, -0.15) is 5.10 Å². The molecule has 0 bridgehead atoms. The van der Waals surface area contributed by atoms with E-state index >= 15 is 0 Å². The van der Waals surface area contributed by atoms with Crippen LogP contribution in [0.5, 0.6) is 11.5 Å². The van der Waals surface area contributed by atoms with E-state index in [1.807, 2.05) is 0 Å². The number of hydrogen-bond donors (Lipinski definition) is 0. The molecule has 0 fully saturated rings. The molecule has 0 spiro atoms. The van der Waals surface area contributed by atoms with Crippen LogP contribution in [-0.4, -0.2) is 45.5 Å². The van der Waals surface area contributed by atoms with E-state index in [0.717, 1.165) is 0 Å². The molecule has 1 aromatic carbocycles. The van der Waals surface area contributed by atoms with Crippen LogP contribution in [0.1, 0.15) is 10.4 Å². The molecule has 0 N–H and O–H groups in total. The minimum atomic E-state index is -0.536. The molecular weight excluding hydrogens is 364 g/mol. The summed E-state index contributed by atoms with van der Waals surface area (Å²) in [6, 6.07) is 7.07. The maximum absolute atomic E-state index is 13.1. The summed E-state index contributed by atoms with van der Waals surface area (Å²) in [4.78, 5) is 29.1. The van der Waals surface area contributed by atoms with E-state index in [0.29, 0.717) is 47.0 Å². The zero-order chi connectivity index (χ0) is 19.3. The molecule has 0 radical (unpaired) electrons. The van der Waals surface area contributed by atoms with E-state index in [9.17, 15) is 9.59 Å². The molecule has 0 amide bonds. The summed E-state index contributed by atoms with van der Waals surface area (Å²) in [5.74, 6) is 0.713. The highest BCUT2D eigenvalue weighted by atomic mass is 16.6. The molecule has 5 rings (SSSR count). The van der Waals surface area contributed by atoms with Crippen LogP contribution in [0.3, 0.4) is 0 Å². The number of hydrogen-bond acceptors (Lipinski definition) is 7. The van der Waals surface area contributed by atoms with Crippen LogP contribution in [0.2, 0.25) is 0 Å². The van der Waals surface area contributed by atoms with Gasteiger partial charge in [0.05, 0.1) is 29.9 Å². The third kappa shape index (κ3) is 2.33. The third-order valence-electron chi connectivity index (χ3n) is 4.60. The first-order valence-electron chi connectivity index (χ1n) is 8.54. The molecule has 4 aromatic rings. The fourth-order valence-corrected chi connectivity index (χ4v) is 3.26. The van der Waals surface area contributed by atoms with Crippen molar-refractivity contribution in [2.75, 3.05) is 20.3 Å². The van der Waals surface area contributed by atoms with Crippen molar-refractivity contribution in [3.05, 3.63) is 58.8 Å². The Morgan fingerprint density at radius 3 is 2.79 bits per heavy atom. The largest absolute Gasteiger partial charge is 0.486 e. The molecule has 1 aliphatic heterocycles. The first kappa shape index (κ1) is 16.3.